The summed E-state index contributed by atoms with van der Waals surface area (Å²) in [4.78, 5) is 11.6. The number of ether oxygens (including phenoxy) is 1. The SMILES string of the molecule is COCCNC(=O)CNc1c(N)c(C)nn1C(C)C. The van der Waals surface area contributed by atoms with E-state index in [0.29, 0.717) is 24.7 Å². The molecule has 1 rings (SSSR count). The van der Waals surface area contributed by atoms with Crippen molar-refractivity contribution in [1.29, 1.82) is 0 Å². The third-order valence-corrected chi connectivity index (χ3v) is 2.67. The van der Waals surface area contributed by atoms with Gasteiger partial charge in [-0.2, -0.15) is 5.10 Å². The Morgan fingerprint density at radius 1 is 1.53 bits per heavy atom. The van der Waals surface area contributed by atoms with Gasteiger partial charge >= 0.3 is 0 Å². The predicted octanol–water partition coefficient (Wildman–Crippen LogP) is 0.529. The molecule has 0 atom stereocenters. The second kappa shape index (κ2) is 6.98. The summed E-state index contributed by atoms with van der Waals surface area (Å²) in [5.74, 6) is 0.583. The summed E-state index contributed by atoms with van der Waals surface area (Å²) in [6.45, 7) is 7.02. The Kier molecular flexibility index (Phi) is 5.62. The number of amides is 1. The fourth-order valence-corrected chi connectivity index (χ4v) is 1.63. The number of carbonyl (C=O) groups excluding carboxylic acids is 1. The van der Waals surface area contributed by atoms with Crippen LogP contribution in [0.1, 0.15) is 25.6 Å². The van der Waals surface area contributed by atoms with Crippen LogP contribution in [0.5, 0.6) is 0 Å². The van der Waals surface area contributed by atoms with Crippen molar-refractivity contribution < 1.29 is 9.53 Å². The molecule has 0 saturated carbocycles. The van der Waals surface area contributed by atoms with Gasteiger partial charge in [-0.3, -0.25) is 4.79 Å². The Morgan fingerprint density at radius 2 is 2.21 bits per heavy atom. The van der Waals surface area contributed by atoms with Crippen LogP contribution >= 0.6 is 0 Å². The summed E-state index contributed by atoms with van der Waals surface area (Å²) in [5, 5.41) is 10.1. The Hall–Kier alpha value is -1.76. The van der Waals surface area contributed by atoms with E-state index in [-0.39, 0.29) is 18.5 Å². The summed E-state index contributed by atoms with van der Waals surface area (Å²) in [6, 6.07) is 0.176. The van der Waals surface area contributed by atoms with Gasteiger partial charge < -0.3 is 21.1 Å². The molecule has 0 saturated heterocycles. The highest BCUT2D eigenvalue weighted by molar-refractivity contribution is 5.81. The molecule has 7 nitrogen and oxygen atoms in total. The number of methoxy groups -OCH3 is 1. The maximum Gasteiger partial charge on any atom is 0.239 e. The minimum absolute atomic E-state index is 0.106. The summed E-state index contributed by atoms with van der Waals surface area (Å²) >= 11 is 0. The van der Waals surface area contributed by atoms with Crippen molar-refractivity contribution in [2.45, 2.75) is 26.8 Å². The summed E-state index contributed by atoms with van der Waals surface area (Å²) in [5.41, 5.74) is 7.29. The minimum Gasteiger partial charge on any atom is -0.394 e. The number of nitrogens with one attached hydrogen (secondary N) is 2. The Bertz CT molecular complexity index is 428. The third-order valence-electron chi connectivity index (χ3n) is 2.67. The van der Waals surface area contributed by atoms with Gasteiger partial charge in [-0.15, -0.1) is 0 Å². The van der Waals surface area contributed by atoms with Gasteiger partial charge in [0, 0.05) is 19.7 Å². The largest absolute Gasteiger partial charge is 0.394 e. The van der Waals surface area contributed by atoms with Crippen LogP contribution in [0.15, 0.2) is 0 Å². The number of hydrogen-bond donors (Lipinski definition) is 3. The quantitative estimate of drug-likeness (QED) is 0.628. The number of rotatable bonds is 7. The van der Waals surface area contributed by atoms with Gasteiger partial charge in [0.1, 0.15) is 5.82 Å². The van der Waals surface area contributed by atoms with E-state index in [1.807, 2.05) is 20.8 Å². The molecule has 0 fully saturated rings. The number of nitrogens with zero attached hydrogens (tertiary/aromatic N) is 2. The van der Waals surface area contributed by atoms with Crippen molar-refractivity contribution >= 4 is 17.4 Å². The first kappa shape index (κ1) is 15.3. The molecule has 1 heterocycles. The molecule has 0 bridgehead atoms. The maximum atomic E-state index is 11.6. The van der Waals surface area contributed by atoms with E-state index in [9.17, 15) is 4.79 Å². The van der Waals surface area contributed by atoms with Gasteiger partial charge in [-0.1, -0.05) is 0 Å². The molecule has 0 aliphatic rings. The van der Waals surface area contributed by atoms with E-state index in [2.05, 4.69) is 15.7 Å². The van der Waals surface area contributed by atoms with E-state index in [4.69, 9.17) is 10.5 Å². The number of hydrogen-bond acceptors (Lipinski definition) is 5. The topological polar surface area (TPSA) is 94.2 Å². The van der Waals surface area contributed by atoms with Crippen molar-refractivity contribution in [3.8, 4) is 0 Å². The van der Waals surface area contributed by atoms with Crippen LogP contribution in [0.25, 0.3) is 0 Å². The fraction of sp³-hybridized carbons (Fsp3) is 0.667. The molecule has 0 aliphatic heterocycles. The molecule has 4 N–H and O–H groups in total. The highest BCUT2D eigenvalue weighted by Gasteiger charge is 2.15. The van der Waals surface area contributed by atoms with Crippen LogP contribution in [-0.4, -0.2) is 42.5 Å². The normalized spacial score (nSPS) is 10.8. The van der Waals surface area contributed by atoms with Crippen LogP contribution < -0.4 is 16.4 Å². The Balaban J connectivity index is 2.59. The lowest BCUT2D eigenvalue weighted by Crippen LogP contribution is -2.32. The molecule has 0 spiro atoms. The van der Waals surface area contributed by atoms with E-state index in [1.165, 1.54) is 0 Å². The molecule has 0 aliphatic carbocycles. The van der Waals surface area contributed by atoms with Crippen LogP contribution in [-0.2, 0) is 9.53 Å². The van der Waals surface area contributed by atoms with Crippen molar-refractivity contribution in [2.75, 3.05) is 37.9 Å². The smallest absolute Gasteiger partial charge is 0.239 e. The molecule has 19 heavy (non-hydrogen) atoms. The van der Waals surface area contributed by atoms with E-state index < -0.39 is 0 Å². The van der Waals surface area contributed by atoms with Gasteiger partial charge in [0.2, 0.25) is 5.91 Å². The zero-order valence-electron chi connectivity index (χ0n) is 12.0. The van der Waals surface area contributed by atoms with Crippen LogP contribution in [0.3, 0.4) is 0 Å². The van der Waals surface area contributed by atoms with Crippen molar-refractivity contribution in [1.82, 2.24) is 15.1 Å². The maximum absolute atomic E-state index is 11.6. The Labute approximate surface area is 113 Å². The molecule has 0 unspecified atom stereocenters. The van der Waals surface area contributed by atoms with Gasteiger partial charge in [0.15, 0.2) is 0 Å². The first-order valence-corrected chi connectivity index (χ1v) is 6.31. The number of nitrogens with two attached hydrogens (primary N) is 1. The van der Waals surface area contributed by atoms with Crippen molar-refractivity contribution in [3.05, 3.63) is 5.69 Å². The average Bonchev–Trinajstić information content (AvgIpc) is 2.64. The van der Waals surface area contributed by atoms with E-state index in [0.717, 1.165) is 5.69 Å². The van der Waals surface area contributed by atoms with Gasteiger partial charge in [-0.05, 0) is 20.8 Å². The number of aromatic nitrogens is 2. The molecule has 108 valence electrons. The van der Waals surface area contributed by atoms with Crippen molar-refractivity contribution in [2.24, 2.45) is 0 Å². The standard InChI is InChI=1S/C12H23N5O2/c1-8(2)17-12(11(13)9(3)16-17)15-7-10(18)14-5-6-19-4/h8,15H,5-7,13H2,1-4H3,(H,14,18). The van der Waals surface area contributed by atoms with Crippen LogP contribution in [0.4, 0.5) is 11.5 Å². The highest BCUT2D eigenvalue weighted by atomic mass is 16.5. The summed E-state index contributed by atoms with van der Waals surface area (Å²) in [6.07, 6.45) is 0. The van der Waals surface area contributed by atoms with Crippen molar-refractivity contribution in [3.63, 3.8) is 0 Å². The van der Waals surface area contributed by atoms with E-state index in [1.54, 1.807) is 11.8 Å². The summed E-state index contributed by atoms with van der Waals surface area (Å²) < 4.78 is 6.64. The second-order valence-electron chi connectivity index (χ2n) is 4.58. The van der Waals surface area contributed by atoms with Crippen LogP contribution in [0.2, 0.25) is 0 Å². The monoisotopic (exact) mass is 269 g/mol. The second-order valence-corrected chi connectivity index (χ2v) is 4.58. The molecule has 1 aromatic heterocycles. The van der Waals surface area contributed by atoms with E-state index >= 15 is 0 Å². The number of anilines is 2. The first-order chi connectivity index (χ1) is 8.97. The molecule has 1 aromatic rings. The molecule has 0 radical (unpaired) electrons. The van der Waals surface area contributed by atoms with Gasteiger partial charge in [0.25, 0.3) is 0 Å². The molecule has 7 heteroatoms. The predicted molar refractivity (Wildman–Crippen MR) is 75.1 cm³/mol. The molecular formula is C12H23N5O2. The highest BCUT2D eigenvalue weighted by Crippen LogP contribution is 2.24. The van der Waals surface area contributed by atoms with Crippen LogP contribution in [0, 0.1) is 6.92 Å². The lowest BCUT2D eigenvalue weighted by atomic mass is 10.3. The molecular weight excluding hydrogens is 246 g/mol. The fourth-order valence-electron chi connectivity index (χ4n) is 1.63. The first-order valence-electron chi connectivity index (χ1n) is 6.31. The zero-order chi connectivity index (χ0) is 14.4. The summed E-state index contributed by atoms with van der Waals surface area (Å²) in [7, 11) is 1.59. The Morgan fingerprint density at radius 3 is 2.79 bits per heavy atom. The lowest BCUT2D eigenvalue weighted by molar-refractivity contribution is -0.119. The minimum atomic E-state index is -0.106. The third kappa shape index (κ3) is 4.13. The van der Waals surface area contributed by atoms with Gasteiger partial charge in [-0.25, -0.2) is 4.68 Å². The number of aryl methyl sites for hydroxylation is 1. The zero-order valence-corrected chi connectivity index (χ0v) is 12.0. The number of carbonyl (C=O) groups is 1. The lowest BCUT2D eigenvalue weighted by Gasteiger charge is -2.13. The average molecular weight is 269 g/mol. The molecule has 1 amide bonds. The molecule has 0 aromatic carbocycles. The van der Waals surface area contributed by atoms with Gasteiger partial charge in [0.05, 0.1) is 24.5 Å². The number of nitrogen functional groups attached to an aromatic ring is 1.